The number of unbranched alkanes of at least 4 members (excludes halogenated alkanes) is 1. The summed E-state index contributed by atoms with van der Waals surface area (Å²) < 4.78 is 0. The zero-order chi connectivity index (χ0) is 18.9. The molecule has 0 atom stereocenters. The van der Waals surface area contributed by atoms with Crippen LogP contribution >= 0.6 is 0 Å². The maximum atomic E-state index is 12.9. The van der Waals surface area contributed by atoms with Gasteiger partial charge in [0.2, 0.25) is 0 Å². The molecule has 2 aromatic rings. The Hall–Kier alpha value is -2.62. The molecule has 0 radical (unpaired) electrons. The summed E-state index contributed by atoms with van der Waals surface area (Å²) in [7, 11) is 1.81. The van der Waals surface area contributed by atoms with Crippen LogP contribution in [0.2, 0.25) is 0 Å². The fraction of sp³-hybridized carbons (Fsp3) is 0.364. The van der Waals surface area contributed by atoms with Crippen LogP contribution in [0.15, 0.2) is 54.6 Å². The fourth-order valence-electron chi connectivity index (χ4n) is 2.82. The summed E-state index contributed by atoms with van der Waals surface area (Å²) in [4.78, 5) is 29.0. The minimum atomic E-state index is -0.0535. The van der Waals surface area contributed by atoms with Gasteiger partial charge >= 0.3 is 0 Å². The van der Waals surface area contributed by atoms with Crippen LogP contribution in [0.5, 0.6) is 0 Å². The summed E-state index contributed by atoms with van der Waals surface area (Å²) in [6.45, 7) is 5.97. The topological polar surface area (TPSA) is 40.6 Å². The first-order valence-electron chi connectivity index (χ1n) is 9.25. The van der Waals surface area contributed by atoms with Crippen LogP contribution in [0, 0.1) is 0 Å². The first kappa shape index (κ1) is 19.7. The highest BCUT2D eigenvalue weighted by atomic mass is 16.2. The predicted molar refractivity (Wildman–Crippen MR) is 105 cm³/mol. The number of carbonyl (C=O) groups excluding carboxylic acids is 2. The number of amides is 2. The minimum Gasteiger partial charge on any atom is -0.342 e. The summed E-state index contributed by atoms with van der Waals surface area (Å²) in [6, 6.07) is 17.0. The van der Waals surface area contributed by atoms with E-state index >= 15 is 0 Å². The molecule has 0 spiro atoms. The molecule has 0 unspecified atom stereocenters. The molecule has 0 saturated carbocycles. The van der Waals surface area contributed by atoms with Crippen molar-refractivity contribution < 1.29 is 9.59 Å². The lowest BCUT2D eigenvalue weighted by Crippen LogP contribution is -2.31. The third-order valence-corrected chi connectivity index (χ3v) is 4.44. The second-order valence-electron chi connectivity index (χ2n) is 6.47. The van der Waals surface area contributed by atoms with Crippen molar-refractivity contribution in [2.24, 2.45) is 0 Å². The van der Waals surface area contributed by atoms with Crippen LogP contribution in [0.1, 0.15) is 53.0 Å². The van der Waals surface area contributed by atoms with Gasteiger partial charge in [-0.1, -0.05) is 49.7 Å². The SMILES string of the molecule is CCCCN(C)C(=O)c1cccc(C(=O)N(CC)Cc2ccccc2)c1. The third kappa shape index (κ3) is 5.19. The van der Waals surface area contributed by atoms with E-state index in [1.165, 1.54) is 0 Å². The molecule has 0 fully saturated rings. The molecule has 0 heterocycles. The van der Waals surface area contributed by atoms with Crippen molar-refractivity contribution in [3.05, 3.63) is 71.3 Å². The van der Waals surface area contributed by atoms with Gasteiger partial charge in [0.15, 0.2) is 0 Å². The van der Waals surface area contributed by atoms with Gasteiger partial charge in [-0.15, -0.1) is 0 Å². The van der Waals surface area contributed by atoms with E-state index in [2.05, 4.69) is 6.92 Å². The molecule has 26 heavy (non-hydrogen) atoms. The van der Waals surface area contributed by atoms with E-state index in [0.29, 0.717) is 24.2 Å². The second-order valence-corrected chi connectivity index (χ2v) is 6.47. The number of benzene rings is 2. The van der Waals surface area contributed by atoms with Gasteiger partial charge < -0.3 is 9.80 Å². The molecular weight excluding hydrogens is 324 g/mol. The van der Waals surface area contributed by atoms with Crippen LogP contribution in [0.4, 0.5) is 0 Å². The maximum Gasteiger partial charge on any atom is 0.254 e. The number of carbonyl (C=O) groups is 2. The van der Waals surface area contributed by atoms with Gasteiger partial charge in [-0.25, -0.2) is 0 Å². The van der Waals surface area contributed by atoms with E-state index in [1.807, 2.05) is 37.3 Å². The largest absolute Gasteiger partial charge is 0.342 e. The molecule has 2 aromatic carbocycles. The average molecular weight is 352 g/mol. The Morgan fingerprint density at radius 3 is 2.15 bits per heavy atom. The molecule has 4 nitrogen and oxygen atoms in total. The molecule has 0 aliphatic rings. The predicted octanol–water partition coefficient (Wildman–Crippen LogP) is 4.22. The van der Waals surface area contributed by atoms with Crippen LogP contribution in [0.25, 0.3) is 0 Å². The minimum absolute atomic E-state index is 0.0424. The van der Waals surface area contributed by atoms with Gasteiger partial charge in [0, 0.05) is 37.8 Å². The highest BCUT2D eigenvalue weighted by Crippen LogP contribution is 2.13. The molecule has 0 saturated heterocycles. The molecule has 0 N–H and O–H groups in total. The van der Waals surface area contributed by atoms with E-state index in [9.17, 15) is 9.59 Å². The lowest BCUT2D eigenvalue weighted by molar-refractivity contribution is 0.0752. The summed E-state index contributed by atoms with van der Waals surface area (Å²) in [6.07, 6.45) is 2.02. The molecule has 0 aliphatic carbocycles. The highest BCUT2D eigenvalue weighted by molar-refractivity contribution is 5.99. The monoisotopic (exact) mass is 352 g/mol. The zero-order valence-corrected chi connectivity index (χ0v) is 15.9. The van der Waals surface area contributed by atoms with Gasteiger partial charge in [0.1, 0.15) is 0 Å². The number of hydrogen-bond acceptors (Lipinski definition) is 2. The van der Waals surface area contributed by atoms with Crippen molar-refractivity contribution in [1.29, 1.82) is 0 Å². The Balaban J connectivity index is 2.14. The standard InChI is InChI=1S/C22H28N2O2/c1-4-6-15-23(3)21(25)19-13-10-14-20(16-19)22(26)24(5-2)17-18-11-8-7-9-12-18/h7-14,16H,4-6,15,17H2,1-3H3. The number of nitrogens with zero attached hydrogens (tertiary/aromatic N) is 2. The van der Waals surface area contributed by atoms with Crippen LogP contribution in [-0.2, 0) is 6.54 Å². The quantitative estimate of drug-likeness (QED) is 0.714. The van der Waals surface area contributed by atoms with Crippen LogP contribution in [-0.4, -0.2) is 41.8 Å². The van der Waals surface area contributed by atoms with E-state index < -0.39 is 0 Å². The number of rotatable bonds is 8. The van der Waals surface area contributed by atoms with Crippen LogP contribution in [0.3, 0.4) is 0 Å². The zero-order valence-electron chi connectivity index (χ0n) is 15.9. The summed E-state index contributed by atoms with van der Waals surface area (Å²) in [5.41, 5.74) is 2.21. The second kappa shape index (κ2) is 9.76. The van der Waals surface area contributed by atoms with Gasteiger partial charge in [-0.2, -0.15) is 0 Å². The third-order valence-electron chi connectivity index (χ3n) is 4.44. The molecule has 0 aromatic heterocycles. The lowest BCUT2D eigenvalue weighted by atomic mass is 10.1. The van der Waals surface area contributed by atoms with Crippen LogP contribution < -0.4 is 0 Å². The smallest absolute Gasteiger partial charge is 0.254 e. The van der Waals surface area contributed by atoms with E-state index in [1.54, 1.807) is 41.1 Å². The molecular formula is C22H28N2O2. The lowest BCUT2D eigenvalue weighted by Gasteiger charge is -2.22. The summed E-state index contributed by atoms with van der Waals surface area (Å²) in [5, 5.41) is 0. The fourth-order valence-corrected chi connectivity index (χ4v) is 2.82. The van der Waals surface area contributed by atoms with Gasteiger partial charge in [-0.05, 0) is 37.1 Å². The van der Waals surface area contributed by atoms with Crippen molar-refractivity contribution in [3.63, 3.8) is 0 Å². The highest BCUT2D eigenvalue weighted by Gasteiger charge is 2.17. The van der Waals surface area contributed by atoms with E-state index in [0.717, 1.165) is 24.9 Å². The Bertz CT molecular complexity index is 728. The Labute approximate surface area is 156 Å². The molecule has 4 heteroatoms. The van der Waals surface area contributed by atoms with E-state index in [4.69, 9.17) is 0 Å². The summed E-state index contributed by atoms with van der Waals surface area (Å²) in [5.74, 6) is -0.0959. The van der Waals surface area contributed by atoms with Gasteiger partial charge in [0.25, 0.3) is 11.8 Å². The summed E-state index contributed by atoms with van der Waals surface area (Å²) >= 11 is 0. The normalized spacial score (nSPS) is 10.4. The van der Waals surface area contributed by atoms with Crippen molar-refractivity contribution in [2.45, 2.75) is 33.2 Å². The van der Waals surface area contributed by atoms with E-state index in [-0.39, 0.29) is 11.8 Å². The first-order valence-corrected chi connectivity index (χ1v) is 9.25. The Morgan fingerprint density at radius 1 is 0.885 bits per heavy atom. The Morgan fingerprint density at radius 2 is 1.54 bits per heavy atom. The van der Waals surface area contributed by atoms with Gasteiger partial charge in [0.05, 0.1) is 0 Å². The molecule has 138 valence electrons. The molecule has 2 rings (SSSR count). The number of hydrogen-bond donors (Lipinski definition) is 0. The maximum absolute atomic E-state index is 12.9. The van der Waals surface area contributed by atoms with Crippen molar-refractivity contribution in [3.8, 4) is 0 Å². The Kier molecular flexibility index (Phi) is 7.39. The molecule has 0 bridgehead atoms. The molecule has 0 aliphatic heterocycles. The molecule has 2 amide bonds. The van der Waals surface area contributed by atoms with Crippen molar-refractivity contribution in [1.82, 2.24) is 9.80 Å². The van der Waals surface area contributed by atoms with Crippen molar-refractivity contribution >= 4 is 11.8 Å². The first-order chi connectivity index (χ1) is 12.6. The van der Waals surface area contributed by atoms with Crippen molar-refractivity contribution in [2.75, 3.05) is 20.1 Å². The average Bonchev–Trinajstić information content (AvgIpc) is 2.70. The van der Waals surface area contributed by atoms with Gasteiger partial charge in [-0.3, -0.25) is 9.59 Å².